The highest BCUT2D eigenvalue weighted by Crippen LogP contribution is 2.18. The fourth-order valence-corrected chi connectivity index (χ4v) is 2.65. The lowest BCUT2D eigenvalue weighted by molar-refractivity contribution is -0.122. The molecule has 1 aromatic carbocycles. The van der Waals surface area contributed by atoms with Crippen molar-refractivity contribution in [3.05, 3.63) is 29.6 Å². The van der Waals surface area contributed by atoms with E-state index in [0.29, 0.717) is 0 Å². The molecule has 6 nitrogen and oxygen atoms in total. The van der Waals surface area contributed by atoms with Crippen LogP contribution >= 0.6 is 0 Å². The minimum Gasteiger partial charge on any atom is -0.484 e. The van der Waals surface area contributed by atoms with Crippen molar-refractivity contribution in [1.82, 2.24) is 10.6 Å². The molecule has 1 aromatic rings. The molecule has 0 spiro atoms. The summed E-state index contributed by atoms with van der Waals surface area (Å²) in [5.41, 5.74) is -0.0429. The second-order valence-corrected chi connectivity index (χ2v) is 5.84. The number of carbonyl (C=O) groups excluding carboxylic acids is 3. The van der Waals surface area contributed by atoms with Crippen molar-refractivity contribution in [2.75, 3.05) is 6.61 Å². The van der Waals surface area contributed by atoms with Gasteiger partial charge in [-0.2, -0.15) is 0 Å². The molecule has 7 heteroatoms. The van der Waals surface area contributed by atoms with Crippen molar-refractivity contribution in [3.8, 4) is 5.75 Å². The van der Waals surface area contributed by atoms with Crippen LogP contribution in [-0.2, 0) is 4.79 Å². The number of urea groups is 1. The molecule has 0 aliphatic heterocycles. The molecule has 0 saturated heterocycles. The van der Waals surface area contributed by atoms with Crippen LogP contribution in [0, 0.1) is 5.82 Å². The summed E-state index contributed by atoms with van der Waals surface area (Å²) in [5, 5.41) is 4.93. The van der Waals surface area contributed by atoms with Gasteiger partial charge in [-0.3, -0.25) is 14.9 Å². The Balaban J connectivity index is 1.77. The quantitative estimate of drug-likeness (QED) is 0.810. The molecule has 1 aliphatic rings. The second kappa shape index (κ2) is 8.42. The predicted octanol–water partition coefficient (Wildman–Crippen LogP) is 2.57. The van der Waals surface area contributed by atoms with Crippen LogP contribution in [0.5, 0.6) is 5.75 Å². The van der Waals surface area contributed by atoms with Gasteiger partial charge < -0.3 is 10.1 Å². The van der Waals surface area contributed by atoms with Crippen LogP contribution in [0.2, 0.25) is 0 Å². The van der Waals surface area contributed by atoms with Crippen molar-refractivity contribution in [1.29, 1.82) is 0 Å². The van der Waals surface area contributed by atoms with Gasteiger partial charge in [0.25, 0.3) is 5.91 Å². The molecule has 1 fully saturated rings. The summed E-state index contributed by atoms with van der Waals surface area (Å²) < 4.78 is 18.8. The van der Waals surface area contributed by atoms with Crippen LogP contribution in [-0.4, -0.2) is 30.4 Å². The first-order valence-electron chi connectivity index (χ1n) is 7.99. The number of halogens is 1. The summed E-state index contributed by atoms with van der Waals surface area (Å²) in [5.74, 6) is -1.62. The average Bonchev–Trinajstić information content (AvgIpc) is 2.53. The molecule has 0 aromatic heterocycles. The first-order valence-corrected chi connectivity index (χ1v) is 7.99. The van der Waals surface area contributed by atoms with E-state index >= 15 is 0 Å². The number of benzene rings is 1. The third kappa shape index (κ3) is 5.33. The van der Waals surface area contributed by atoms with Crippen LogP contribution < -0.4 is 15.4 Å². The molecule has 0 atom stereocenters. The van der Waals surface area contributed by atoms with Crippen LogP contribution in [0.25, 0.3) is 0 Å². The highest BCUT2D eigenvalue weighted by atomic mass is 19.1. The zero-order valence-corrected chi connectivity index (χ0v) is 13.6. The Bertz CT molecular complexity index is 627. The van der Waals surface area contributed by atoms with Gasteiger partial charge in [0.1, 0.15) is 11.6 Å². The average molecular weight is 336 g/mol. The molecule has 0 heterocycles. The molecular formula is C17H21FN2O4. The number of ketones is 1. The topological polar surface area (TPSA) is 84.5 Å². The minimum absolute atomic E-state index is 0.0429. The summed E-state index contributed by atoms with van der Waals surface area (Å²) in [6.07, 6.45) is 5.15. The molecule has 1 aliphatic carbocycles. The molecule has 2 rings (SSSR count). The van der Waals surface area contributed by atoms with Crippen LogP contribution in [0.4, 0.5) is 9.18 Å². The number of carbonyl (C=O) groups is 3. The molecule has 2 N–H and O–H groups in total. The standard InChI is InChI=1S/C17H21FN2O4/c1-11(21)14-8-7-13(9-15(14)18)24-10-16(22)20-17(23)19-12-5-3-2-4-6-12/h7-9,12H,2-6,10H2,1H3,(H2,19,20,22,23). The van der Waals surface area contributed by atoms with Crippen molar-refractivity contribution in [2.24, 2.45) is 0 Å². The highest BCUT2D eigenvalue weighted by Gasteiger charge is 2.17. The van der Waals surface area contributed by atoms with Gasteiger partial charge in [0, 0.05) is 12.1 Å². The smallest absolute Gasteiger partial charge is 0.321 e. The normalized spacial score (nSPS) is 14.8. The Morgan fingerprint density at radius 3 is 2.54 bits per heavy atom. The van der Waals surface area contributed by atoms with E-state index in [4.69, 9.17) is 4.74 Å². The van der Waals surface area contributed by atoms with Gasteiger partial charge in [0.05, 0.1) is 5.56 Å². The largest absolute Gasteiger partial charge is 0.484 e. The third-order valence-electron chi connectivity index (χ3n) is 3.88. The number of imide groups is 1. The fourth-order valence-electron chi connectivity index (χ4n) is 2.65. The van der Waals surface area contributed by atoms with Crippen LogP contribution in [0.3, 0.4) is 0 Å². The Morgan fingerprint density at radius 2 is 1.92 bits per heavy atom. The zero-order chi connectivity index (χ0) is 17.5. The number of Topliss-reactive ketones (excluding diaryl/α,β-unsaturated/α-hetero) is 1. The maximum atomic E-state index is 13.6. The summed E-state index contributed by atoms with van der Waals surface area (Å²) in [6, 6.07) is 3.27. The molecule has 0 unspecified atom stereocenters. The molecule has 0 bridgehead atoms. The first-order chi connectivity index (χ1) is 11.5. The number of nitrogens with one attached hydrogen (secondary N) is 2. The fraction of sp³-hybridized carbons (Fsp3) is 0.471. The molecule has 1 saturated carbocycles. The Kier molecular flexibility index (Phi) is 6.28. The minimum atomic E-state index is -0.713. The van der Waals surface area contributed by atoms with E-state index in [1.54, 1.807) is 0 Å². The van der Waals surface area contributed by atoms with E-state index in [2.05, 4.69) is 10.6 Å². The van der Waals surface area contributed by atoms with Crippen molar-refractivity contribution < 1.29 is 23.5 Å². The van der Waals surface area contributed by atoms with E-state index in [1.165, 1.54) is 25.5 Å². The van der Waals surface area contributed by atoms with E-state index in [9.17, 15) is 18.8 Å². The van der Waals surface area contributed by atoms with Gasteiger partial charge in [0.15, 0.2) is 12.4 Å². The van der Waals surface area contributed by atoms with Gasteiger partial charge in [-0.05, 0) is 31.9 Å². The van der Waals surface area contributed by atoms with Gasteiger partial charge in [-0.25, -0.2) is 9.18 Å². The Labute approximate surface area is 139 Å². The molecule has 0 radical (unpaired) electrons. The van der Waals surface area contributed by atoms with Gasteiger partial charge in [-0.1, -0.05) is 19.3 Å². The maximum absolute atomic E-state index is 13.6. The Morgan fingerprint density at radius 1 is 1.21 bits per heavy atom. The number of amides is 3. The van der Waals surface area contributed by atoms with E-state index < -0.39 is 30.1 Å². The number of rotatable bonds is 5. The predicted molar refractivity (Wildman–Crippen MR) is 85.4 cm³/mol. The summed E-state index contributed by atoms with van der Waals surface area (Å²) in [7, 11) is 0. The zero-order valence-electron chi connectivity index (χ0n) is 13.6. The number of hydrogen-bond acceptors (Lipinski definition) is 4. The van der Waals surface area contributed by atoms with E-state index in [0.717, 1.165) is 31.7 Å². The third-order valence-corrected chi connectivity index (χ3v) is 3.88. The van der Waals surface area contributed by atoms with Crippen molar-refractivity contribution >= 4 is 17.7 Å². The van der Waals surface area contributed by atoms with Gasteiger partial charge in [-0.15, -0.1) is 0 Å². The lowest BCUT2D eigenvalue weighted by Gasteiger charge is -2.22. The monoisotopic (exact) mass is 336 g/mol. The van der Waals surface area contributed by atoms with Crippen molar-refractivity contribution in [2.45, 2.75) is 45.1 Å². The van der Waals surface area contributed by atoms with Gasteiger partial charge >= 0.3 is 6.03 Å². The maximum Gasteiger partial charge on any atom is 0.321 e. The summed E-state index contributed by atoms with van der Waals surface area (Å²) in [6.45, 7) is 0.842. The Hall–Kier alpha value is -2.44. The molecule has 130 valence electrons. The lowest BCUT2D eigenvalue weighted by Crippen LogP contribution is -2.46. The molecular weight excluding hydrogens is 315 g/mol. The van der Waals surface area contributed by atoms with E-state index in [-0.39, 0.29) is 17.4 Å². The second-order valence-electron chi connectivity index (χ2n) is 5.84. The molecule has 24 heavy (non-hydrogen) atoms. The number of hydrogen-bond donors (Lipinski definition) is 2. The summed E-state index contributed by atoms with van der Waals surface area (Å²) >= 11 is 0. The van der Waals surface area contributed by atoms with Crippen LogP contribution in [0.15, 0.2) is 18.2 Å². The SMILES string of the molecule is CC(=O)c1ccc(OCC(=O)NC(=O)NC2CCCCC2)cc1F. The van der Waals surface area contributed by atoms with Crippen molar-refractivity contribution in [3.63, 3.8) is 0 Å². The van der Waals surface area contributed by atoms with Gasteiger partial charge in [0.2, 0.25) is 0 Å². The van der Waals surface area contributed by atoms with E-state index in [1.807, 2.05) is 0 Å². The lowest BCUT2D eigenvalue weighted by atomic mass is 9.96. The molecule has 3 amide bonds. The first kappa shape index (κ1) is 17.9. The highest BCUT2D eigenvalue weighted by molar-refractivity contribution is 5.95. The van der Waals surface area contributed by atoms with Crippen LogP contribution in [0.1, 0.15) is 49.4 Å². The summed E-state index contributed by atoms with van der Waals surface area (Å²) in [4.78, 5) is 34.5. The number of ether oxygens (including phenoxy) is 1.